The maximum atomic E-state index is 11.8. The third-order valence-corrected chi connectivity index (χ3v) is 3.93. The summed E-state index contributed by atoms with van der Waals surface area (Å²) in [5, 5.41) is 12.4. The number of anilines is 1. The number of rotatable bonds is 3. The van der Waals surface area contributed by atoms with Crippen LogP contribution in [-0.4, -0.2) is 15.3 Å². The van der Waals surface area contributed by atoms with Crippen molar-refractivity contribution in [2.24, 2.45) is 0 Å². The third-order valence-electron chi connectivity index (χ3n) is 2.37. The molecule has 2 N–H and O–H groups in total. The topological polar surface area (TPSA) is 49.3 Å². The van der Waals surface area contributed by atoms with E-state index >= 15 is 0 Å². The lowest BCUT2D eigenvalue weighted by Gasteiger charge is -2.20. The highest BCUT2D eigenvalue weighted by atomic mass is 79.9. The van der Waals surface area contributed by atoms with Crippen molar-refractivity contribution in [1.82, 2.24) is 0 Å². The quantitative estimate of drug-likeness (QED) is 0.645. The maximum absolute atomic E-state index is 11.8. The number of amides is 1. The van der Waals surface area contributed by atoms with Gasteiger partial charge in [-0.1, -0.05) is 28.9 Å². The number of para-hydroxylation sites is 1. The van der Waals surface area contributed by atoms with Gasteiger partial charge in [-0.3, -0.25) is 4.79 Å². The molecule has 0 aromatic heterocycles. The minimum Gasteiger partial charge on any atom is -0.505 e. The van der Waals surface area contributed by atoms with Gasteiger partial charge in [-0.2, -0.15) is 0 Å². The predicted molar refractivity (Wildman–Crippen MR) is 72.1 cm³/mol. The summed E-state index contributed by atoms with van der Waals surface area (Å²) in [5.74, 6) is -0.140. The van der Waals surface area contributed by atoms with Crippen LogP contribution in [0.5, 0.6) is 5.75 Å². The van der Waals surface area contributed by atoms with Crippen molar-refractivity contribution in [2.45, 2.75) is 24.6 Å². The lowest BCUT2D eigenvalue weighted by Crippen LogP contribution is -2.33. The Balaban J connectivity index is 2.90. The maximum Gasteiger partial charge on any atom is 0.241 e. The van der Waals surface area contributed by atoms with Gasteiger partial charge in [0.2, 0.25) is 5.91 Å². The van der Waals surface area contributed by atoms with Gasteiger partial charge in [0.15, 0.2) is 5.75 Å². The van der Waals surface area contributed by atoms with Crippen LogP contribution in [0, 0.1) is 0 Å². The standard InChI is InChI=1S/C11H13Br2NO2/c1-3-11(2,13)10(16)14-8-6-4-5-7(12)9(8)15/h4-6,15H,3H2,1-2H3,(H,14,16)/t11-/m1/s1. The Morgan fingerprint density at radius 3 is 2.75 bits per heavy atom. The second-order valence-corrected chi connectivity index (χ2v) is 6.25. The van der Waals surface area contributed by atoms with Crippen LogP contribution >= 0.6 is 31.9 Å². The van der Waals surface area contributed by atoms with Gasteiger partial charge in [-0.25, -0.2) is 0 Å². The van der Waals surface area contributed by atoms with Gasteiger partial charge in [0.05, 0.1) is 10.2 Å². The Bertz CT molecular complexity index is 405. The molecule has 0 saturated heterocycles. The van der Waals surface area contributed by atoms with E-state index in [1.165, 1.54) is 0 Å². The van der Waals surface area contributed by atoms with Gasteiger partial charge in [0.25, 0.3) is 0 Å². The highest BCUT2D eigenvalue weighted by Crippen LogP contribution is 2.33. The Kier molecular flexibility index (Phi) is 4.38. The van der Waals surface area contributed by atoms with Gasteiger partial charge in [0.1, 0.15) is 4.32 Å². The fraction of sp³-hybridized carbons (Fsp3) is 0.364. The largest absolute Gasteiger partial charge is 0.505 e. The van der Waals surface area contributed by atoms with Crippen molar-refractivity contribution < 1.29 is 9.90 Å². The summed E-state index contributed by atoms with van der Waals surface area (Å²) in [7, 11) is 0. The summed E-state index contributed by atoms with van der Waals surface area (Å²) < 4.78 is -0.0695. The van der Waals surface area contributed by atoms with Gasteiger partial charge in [-0.15, -0.1) is 0 Å². The van der Waals surface area contributed by atoms with E-state index in [0.717, 1.165) is 0 Å². The number of aromatic hydroxyl groups is 1. The molecule has 0 heterocycles. The van der Waals surface area contributed by atoms with Crippen LogP contribution in [0.3, 0.4) is 0 Å². The second-order valence-electron chi connectivity index (χ2n) is 3.64. The van der Waals surface area contributed by atoms with Crippen LogP contribution in [-0.2, 0) is 4.79 Å². The van der Waals surface area contributed by atoms with Gasteiger partial charge >= 0.3 is 0 Å². The number of carbonyl (C=O) groups excluding carboxylic acids is 1. The van der Waals surface area contributed by atoms with Crippen LogP contribution in [0.1, 0.15) is 20.3 Å². The third kappa shape index (κ3) is 2.98. The van der Waals surface area contributed by atoms with E-state index in [-0.39, 0.29) is 11.7 Å². The Morgan fingerprint density at radius 2 is 2.19 bits per heavy atom. The molecule has 3 nitrogen and oxygen atoms in total. The van der Waals surface area contributed by atoms with Crippen LogP contribution in [0.25, 0.3) is 0 Å². The molecule has 0 spiro atoms. The number of alkyl halides is 1. The molecule has 1 aromatic carbocycles. The van der Waals surface area contributed by atoms with Crippen LogP contribution in [0.2, 0.25) is 0 Å². The van der Waals surface area contributed by atoms with Gasteiger partial charge < -0.3 is 10.4 Å². The Hall–Kier alpha value is -0.550. The summed E-state index contributed by atoms with van der Waals surface area (Å²) in [6, 6.07) is 5.10. The lowest BCUT2D eigenvalue weighted by molar-refractivity contribution is -0.117. The molecule has 88 valence electrons. The highest BCUT2D eigenvalue weighted by Gasteiger charge is 2.28. The number of phenolic OH excluding ortho intramolecular Hbond substituents is 1. The number of carbonyl (C=O) groups is 1. The molecule has 0 aliphatic carbocycles. The van der Waals surface area contributed by atoms with E-state index in [2.05, 4.69) is 37.2 Å². The van der Waals surface area contributed by atoms with Crippen molar-refractivity contribution in [3.05, 3.63) is 22.7 Å². The molecule has 0 aliphatic rings. The zero-order chi connectivity index (χ0) is 12.3. The number of hydrogen-bond acceptors (Lipinski definition) is 2. The molecule has 0 radical (unpaired) electrons. The average Bonchev–Trinajstić information content (AvgIpc) is 2.24. The van der Waals surface area contributed by atoms with Gasteiger partial charge in [-0.05, 0) is 41.4 Å². The lowest BCUT2D eigenvalue weighted by atomic mass is 10.1. The van der Waals surface area contributed by atoms with Crippen LogP contribution in [0.15, 0.2) is 22.7 Å². The number of phenols is 1. The van der Waals surface area contributed by atoms with E-state index in [1.54, 1.807) is 25.1 Å². The molecular weight excluding hydrogens is 338 g/mol. The number of benzene rings is 1. The molecule has 0 aliphatic heterocycles. The zero-order valence-corrected chi connectivity index (χ0v) is 12.2. The molecule has 1 atom stereocenters. The molecule has 0 saturated carbocycles. The Morgan fingerprint density at radius 1 is 1.56 bits per heavy atom. The SMILES string of the molecule is CC[C@@](C)(Br)C(=O)Nc1cccc(Br)c1O. The fourth-order valence-corrected chi connectivity index (χ4v) is 1.49. The first kappa shape index (κ1) is 13.5. The van der Waals surface area contributed by atoms with E-state index in [1.807, 2.05) is 6.92 Å². The predicted octanol–water partition coefficient (Wildman–Crippen LogP) is 3.66. The molecule has 5 heteroatoms. The second kappa shape index (κ2) is 5.19. The van der Waals surface area contributed by atoms with E-state index in [0.29, 0.717) is 16.6 Å². The first-order chi connectivity index (χ1) is 7.38. The summed E-state index contributed by atoms with van der Waals surface area (Å²) in [6.45, 7) is 3.70. The minimum absolute atomic E-state index is 0.0373. The Labute approximate surface area is 111 Å². The summed E-state index contributed by atoms with van der Waals surface area (Å²) >= 11 is 6.53. The molecule has 0 fully saturated rings. The highest BCUT2D eigenvalue weighted by molar-refractivity contribution is 9.10. The van der Waals surface area contributed by atoms with Crippen molar-refractivity contribution in [2.75, 3.05) is 5.32 Å². The molecule has 1 aromatic rings. The number of halogens is 2. The smallest absolute Gasteiger partial charge is 0.241 e. The van der Waals surface area contributed by atoms with Crippen molar-refractivity contribution in [3.8, 4) is 5.75 Å². The van der Waals surface area contributed by atoms with Crippen LogP contribution in [0.4, 0.5) is 5.69 Å². The van der Waals surface area contributed by atoms with Crippen molar-refractivity contribution in [3.63, 3.8) is 0 Å². The van der Waals surface area contributed by atoms with E-state index in [4.69, 9.17) is 0 Å². The summed E-state index contributed by atoms with van der Waals surface area (Å²) in [5.41, 5.74) is 0.401. The average molecular weight is 351 g/mol. The zero-order valence-electron chi connectivity index (χ0n) is 9.05. The molecule has 1 amide bonds. The van der Waals surface area contributed by atoms with Crippen molar-refractivity contribution >= 4 is 43.5 Å². The fourth-order valence-electron chi connectivity index (χ4n) is 1.03. The number of nitrogens with one attached hydrogen (secondary N) is 1. The minimum atomic E-state index is -0.623. The molecule has 16 heavy (non-hydrogen) atoms. The molecule has 0 bridgehead atoms. The van der Waals surface area contributed by atoms with E-state index in [9.17, 15) is 9.90 Å². The van der Waals surface area contributed by atoms with Crippen molar-refractivity contribution in [1.29, 1.82) is 0 Å². The molecule has 1 rings (SSSR count). The molecule has 0 unspecified atom stereocenters. The van der Waals surface area contributed by atoms with Gasteiger partial charge in [0, 0.05) is 0 Å². The summed E-state index contributed by atoms with van der Waals surface area (Å²) in [4.78, 5) is 11.8. The summed E-state index contributed by atoms with van der Waals surface area (Å²) in [6.07, 6.45) is 0.660. The monoisotopic (exact) mass is 349 g/mol. The molecular formula is C11H13Br2NO2. The van der Waals surface area contributed by atoms with Crippen LogP contribution < -0.4 is 5.32 Å². The normalized spacial score (nSPS) is 14.2. The number of hydrogen-bond donors (Lipinski definition) is 2. The first-order valence-electron chi connectivity index (χ1n) is 4.86. The van der Waals surface area contributed by atoms with E-state index < -0.39 is 4.32 Å². The first-order valence-corrected chi connectivity index (χ1v) is 6.45.